The monoisotopic (exact) mass is 293 g/mol. The minimum atomic E-state index is -0.408. The van der Waals surface area contributed by atoms with E-state index in [2.05, 4.69) is 24.5 Å². The van der Waals surface area contributed by atoms with E-state index in [1.807, 2.05) is 0 Å². The van der Waals surface area contributed by atoms with Gasteiger partial charge in [-0.15, -0.1) is 0 Å². The number of carbonyl (C=O) groups excluding carboxylic acids is 1. The summed E-state index contributed by atoms with van der Waals surface area (Å²) in [5.41, 5.74) is 0.232. The third-order valence-corrected chi connectivity index (χ3v) is 3.59. The Labute approximate surface area is 125 Å². The third kappa shape index (κ3) is 4.70. The van der Waals surface area contributed by atoms with Gasteiger partial charge >= 0.3 is 6.03 Å². The molecule has 0 saturated carbocycles. The summed E-state index contributed by atoms with van der Waals surface area (Å²) < 4.78 is 13.6. The SMILES string of the molecule is CC(C)CN(CC1CCCN1)C(=O)Nc1ccccc1F. The van der Waals surface area contributed by atoms with E-state index in [-0.39, 0.29) is 11.7 Å². The van der Waals surface area contributed by atoms with Gasteiger partial charge in [-0.25, -0.2) is 9.18 Å². The summed E-state index contributed by atoms with van der Waals surface area (Å²) in [5, 5.41) is 6.07. The van der Waals surface area contributed by atoms with Crippen LogP contribution in [0.3, 0.4) is 0 Å². The minimum absolute atomic E-state index is 0.232. The number of benzene rings is 1. The number of carbonyl (C=O) groups is 1. The zero-order chi connectivity index (χ0) is 15.2. The molecule has 1 saturated heterocycles. The normalized spacial score (nSPS) is 18.0. The molecule has 0 aromatic heterocycles. The van der Waals surface area contributed by atoms with E-state index in [0.29, 0.717) is 25.0 Å². The van der Waals surface area contributed by atoms with Crippen LogP contribution in [0.15, 0.2) is 24.3 Å². The summed E-state index contributed by atoms with van der Waals surface area (Å²) in [4.78, 5) is 14.2. The Balaban J connectivity index is 2.01. The Morgan fingerprint density at radius 3 is 2.86 bits per heavy atom. The van der Waals surface area contributed by atoms with Gasteiger partial charge in [-0.05, 0) is 37.4 Å². The van der Waals surface area contributed by atoms with Crippen LogP contribution in [-0.2, 0) is 0 Å². The van der Waals surface area contributed by atoms with Crippen molar-refractivity contribution in [1.29, 1.82) is 0 Å². The Bertz CT molecular complexity index is 472. The van der Waals surface area contributed by atoms with Crippen LogP contribution in [-0.4, -0.2) is 36.6 Å². The van der Waals surface area contributed by atoms with Crippen LogP contribution in [0, 0.1) is 11.7 Å². The molecule has 4 nitrogen and oxygen atoms in total. The summed E-state index contributed by atoms with van der Waals surface area (Å²) in [7, 11) is 0. The fourth-order valence-electron chi connectivity index (χ4n) is 2.62. The topological polar surface area (TPSA) is 44.4 Å². The lowest BCUT2D eigenvalue weighted by Gasteiger charge is -2.27. The number of hydrogen-bond acceptors (Lipinski definition) is 2. The highest BCUT2D eigenvalue weighted by Crippen LogP contribution is 2.15. The number of amides is 2. The fraction of sp³-hybridized carbons (Fsp3) is 0.562. The van der Waals surface area contributed by atoms with Gasteiger partial charge in [0.1, 0.15) is 5.82 Å². The van der Waals surface area contributed by atoms with Crippen molar-refractivity contribution < 1.29 is 9.18 Å². The van der Waals surface area contributed by atoms with Crippen molar-refractivity contribution in [3.05, 3.63) is 30.1 Å². The maximum atomic E-state index is 13.6. The van der Waals surface area contributed by atoms with Crippen LogP contribution >= 0.6 is 0 Å². The van der Waals surface area contributed by atoms with Gasteiger partial charge in [0, 0.05) is 19.1 Å². The van der Waals surface area contributed by atoms with Crippen molar-refractivity contribution in [3.8, 4) is 0 Å². The number of halogens is 1. The first-order valence-corrected chi connectivity index (χ1v) is 7.60. The van der Waals surface area contributed by atoms with Crippen LogP contribution in [0.4, 0.5) is 14.9 Å². The lowest BCUT2D eigenvalue weighted by Crippen LogP contribution is -2.44. The van der Waals surface area contributed by atoms with Gasteiger partial charge in [0.25, 0.3) is 0 Å². The molecule has 0 aliphatic carbocycles. The zero-order valence-corrected chi connectivity index (χ0v) is 12.7. The molecule has 0 radical (unpaired) electrons. The van der Waals surface area contributed by atoms with E-state index in [0.717, 1.165) is 19.4 Å². The highest BCUT2D eigenvalue weighted by Gasteiger charge is 2.22. The maximum Gasteiger partial charge on any atom is 0.321 e. The quantitative estimate of drug-likeness (QED) is 0.876. The molecule has 1 aliphatic rings. The average Bonchev–Trinajstić information content (AvgIpc) is 2.93. The predicted molar refractivity (Wildman–Crippen MR) is 82.9 cm³/mol. The molecule has 1 atom stereocenters. The second kappa shape index (κ2) is 7.41. The number of hydrogen-bond donors (Lipinski definition) is 2. The molecule has 2 amide bonds. The molecule has 21 heavy (non-hydrogen) atoms. The van der Waals surface area contributed by atoms with E-state index in [1.165, 1.54) is 6.07 Å². The lowest BCUT2D eigenvalue weighted by atomic mass is 10.1. The Hall–Kier alpha value is -1.62. The van der Waals surface area contributed by atoms with Gasteiger partial charge < -0.3 is 15.5 Å². The van der Waals surface area contributed by atoms with Crippen molar-refractivity contribution >= 4 is 11.7 Å². The van der Waals surface area contributed by atoms with Crippen LogP contribution in [0.5, 0.6) is 0 Å². The Morgan fingerprint density at radius 1 is 1.48 bits per heavy atom. The number of urea groups is 1. The molecule has 5 heteroatoms. The summed E-state index contributed by atoms with van der Waals surface area (Å²) >= 11 is 0. The second-order valence-corrected chi connectivity index (χ2v) is 6.00. The van der Waals surface area contributed by atoms with E-state index >= 15 is 0 Å². The first kappa shape index (κ1) is 15.8. The van der Waals surface area contributed by atoms with Crippen molar-refractivity contribution in [1.82, 2.24) is 10.2 Å². The first-order chi connectivity index (χ1) is 10.1. The molecule has 2 N–H and O–H groups in total. The fourth-order valence-corrected chi connectivity index (χ4v) is 2.62. The van der Waals surface area contributed by atoms with E-state index in [4.69, 9.17) is 0 Å². The number of rotatable bonds is 5. The van der Waals surface area contributed by atoms with Gasteiger partial charge in [0.15, 0.2) is 0 Å². The van der Waals surface area contributed by atoms with Crippen LogP contribution in [0.25, 0.3) is 0 Å². The smallest absolute Gasteiger partial charge is 0.321 e. The molecule has 1 unspecified atom stereocenters. The number of para-hydroxylation sites is 1. The zero-order valence-electron chi connectivity index (χ0n) is 12.7. The van der Waals surface area contributed by atoms with E-state index in [1.54, 1.807) is 23.1 Å². The lowest BCUT2D eigenvalue weighted by molar-refractivity contribution is 0.198. The molecule has 1 fully saturated rings. The molecular weight excluding hydrogens is 269 g/mol. The van der Waals surface area contributed by atoms with Crippen molar-refractivity contribution in [2.45, 2.75) is 32.7 Å². The van der Waals surface area contributed by atoms with Gasteiger partial charge in [-0.2, -0.15) is 0 Å². The predicted octanol–water partition coefficient (Wildman–Crippen LogP) is 3.07. The summed E-state index contributed by atoms with van der Waals surface area (Å²) in [5.74, 6) is -0.0351. The van der Waals surface area contributed by atoms with Crippen LogP contribution < -0.4 is 10.6 Å². The number of anilines is 1. The summed E-state index contributed by atoms with van der Waals surface area (Å²) in [6.07, 6.45) is 2.23. The largest absolute Gasteiger partial charge is 0.323 e. The van der Waals surface area contributed by atoms with Gasteiger partial charge in [-0.3, -0.25) is 0 Å². The molecule has 0 bridgehead atoms. The molecule has 1 aromatic carbocycles. The van der Waals surface area contributed by atoms with Crippen molar-refractivity contribution in [2.75, 3.05) is 25.0 Å². The molecule has 1 heterocycles. The molecule has 1 aliphatic heterocycles. The molecule has 0 spiro atoms. The molecule has 2 rings (SSSR count). The molecule has 1 aromatic rings. The second-order valence-electron chi connectivity index (χ2n) is 6.00. The van der Waals surface area contributed by atoms with Gasteiger partial charge in [-0.1, -0.05) is 26.0 Å². The van der Waals surface area contributed by atoms with Gasteiger partial charge in [0.2, 0.25) is 0 Å². The first-order valence-electron chi connectivity index (χ1n) is 7.60. The highest BCUT2D eigenvalue weighted by atomic mass is 19.1. The van der Waals surface area contributed by atoms with Crippen molar-refractivity contribution in [3.63, 3.8) is 0 Å². The number of nitrogens with one attached hydrogen (secondary N) is 2. The average molecular weight is 293 g/mol. The third-order valence-electron chi connectivity index (χ3n) is 3.59. The maximum absolute atomic E-state index is 13.6. The Morgan fingerprint density at radius 2 is 2.24 bits per heavy atom. The summed E-state index contributed by atoms with van der Waals surface area (Å²) in [6, 6.07) is 6.36. The van der Waals surface area contributed by atoms with E-state index < -0.39 is 5.82 Å². The van der Waals surface area contributed by atoms with E-state index in [9.17, 15) is 9.18 Å². The molecular formula is C16H24FN3O. The Kier molecular flexibility index (Phi) is 5.56. The highest BCUT2D eigenvalue weighted by molar-refractivity contribution is 5.89. The summed E-state index contributed by atoms with van der Waals surface area (Å²) in [6.45, 7) is 6.49. The van der Waals surface area contributed by atoms with Crippen LogP contribution in [0.2, 0.25) is 0 Å². The van der Waals surface area contributed by atoms with Gasteiger partial charge in [0.05, 0.1) is 5.69 Å². The standard InChI is InChI=1S/C16H24FN3O/c1-12(2)10-20(11-13-6-5-9-18-13)16(21)19-15-8-4-3-7-14(15)17/h3-4,7-8,12-13,18H,5-6,9-11H2,1-2H3,(H,19,21). The molecule has 116 valence electrons. The van der Waals surface area contributed by atoms with Crippen molar-refractivity contribution in [2.24, 2.45) is 5.92 Å². The number of nitrogens with zero attached hydrogens (tertiary/aromatic N) is 1. The minimum Gasteiger partial charge on any atom is -0.323 e. The van der Waals surface area contributed by atoms with Crippen LogP contribution in [0.1, 0.15) is 26.7 Å².